The van der Waals surface area contributed by atoms with Gasteiger partial charge in [-0.3, -0.25) is 13.4 Å². The van der Waals surface area contributed by atoms with Gasteiger partial charge in [0.15, 0.2) is 37.7 Å². The van der Waals surface area contributed by atoms with Crippen molar-refractivity contribution in [1.82, 2.24) is 15.0 Å². The van der Waals surface area contributed by atoms with Crippen LogP contribution in [-0.4, -0.2) is 113 Å². The number of hydrogen-bond donors (Lipinski definition) is 2. The molecule has 5 aromatic rings. The zero-order chi connectivity index (χ0) is 47.1. The number of phenolic OH excluding ortho intramolecular Hbond substituents is 1. The number of phenols is 1. The van der Waals surface area contributed by atoms with Crippen LogP contribution in [0.5, 0.6) is 5.75 Å². The molecule has 0 spiro atoms. The van der Waals surface area contributed by atoms with E-state index in [4.69, 9.17) is 15.8 Å². The van der Waals surface area contributed by atoms with E-state index in [1.807, 2.05) is 0 Å². The average Bonchev–Trinajstić information content (AvgIpc) is 3.19. The standard InChI is InChI=1S/C31H30ClN7O19S6.4Na/c32-29-34-30(36-31(35-29)39(21-6-2-1-3-7-21)9-12-60(42,43)13-11-56-64(52,53)54)33-24-18-23(62(46,47)48)15-19-16-25(63(49,50)51)27(28(40)26(19)24)38-37-20-5-4-8-22(17-20)61(44,45)14-10-55-59-58-57-41;;;;/h1-8,15-18,40-41H,9-14H2,(H,46,47,48)(H,49,50,51)(H,52,53,54)(H,33,34,35,36);;;;/q;4*+1/p-4. The Hall–Kier alpha value is -0.780. The van der Waals surface area contributed by atoms with Crippen molar-refractivity contribution in [2.24, 2.45) is 10.2 Å². The first kappa shape index (κ1) is 65.2. The first-order chi connectivity index (χ1) is 29.9. The van der Waals surface area contributed by atoms with Gasteiger partial charge < -0.3 is 34.2 Å². The van der Waals surface area contributed by atoms with Gasteiger partial charge >= 0.3 is 118 Å². The molecule has 37 heteroatoms. The maximum absolute atomic E-state index is 12.8. The van der Waals surface area contributed by atoms with Crippen molar-refractivity contribution in [3.8, 4) is 5.75 Å². The Labute approximate surface area is 486 Å². The van der Waals surface area contributed by atoms with Crippen LogP contribution in [-0.2, 0) is 68.0 Å². The van der Waals surface area contributed by atoms with Crippen LogP contribution in [0.25, 0.3) is 10.8 Å². The van der Waals surface area contributed by atoms with E-state index in [2.05, 4.69) is 44.1 Å². The first-order valence-corrected chi connectivity index (χ1v) is 25.6. The smallest absolute Gasteiger partial charge is 0.744 e. The van der Waals surface area contributed by atoms with Crippen LogP contribution < -0.4 is 134 Å². The normalized spacial score (nSPS) is 12.1. The fraction of sp³-hybridized carbons (Fsp3) is 0.194. The summed E-state index contributed by atoms with van der Waals surface area (Å²) in [6, 6.07) is 14.2. The Morgan fingerprint density at radius 3 is 2.04 bits per heavy atom. The molecule has 0 aliphatic heterocycles. The summed E-state index contributed by atoms with van der Waals surface area (Å²) < 4.78 is 171. The minimum atomic E-state index is -5.60. The molecule has 0 amide bonds. The molecule has 5 rings (SSSR count). The van der Waals surface area contributed by atoms with Crippen molar-refractivity contribution in [3.63, 3.8) is 0 Å². The second-order valence-electron chi connectivity index (χ2n) is 12.3. The maximum atomic E-state index is 12.8. The molecule has 0 radical (unpaired) electrons. The van der Waals surface area contributed by atoms with Crippen molar-refractivity contribution in [2.45, 2.75) is 14.7 Å². The molecule has 4 aromatic carbocycles. The van der Waals surface area contributed by atoms with Gasteiger partial charge in [-0.2, -0.15) is 20.1 Å². The topological polar surface area (TPSA) is 399 Å². The number of nitrogens with one attached hydrogen (secondary N) is 1. The third kappa shape index (κ3) is 19.2. The van der Waals surface area contributed by atoms with Crippen molar-refractivity contribution >= 4 is 120 Å². The Balaban J connectivity index is 0.00000578. The zero-order valence-corrected chi connectivity index (χ0v) is 49.1. The molecule has 0 bridgehead atoms. The molecule has 1 heterocycles. The van der Waals surface area contributed by atoms with Gasteiger partial charge in [0, 0.05) is 17.6 Å². The van der Waals surface area contributed by atoms with E-state index >= 15 is 0 Å². The summed E-state index contributed by atoms with van der Waals surface area (Å²) >= 11 is 6.31. The average molecular weight is 1120 g/mol. The van der Waals surface area contributed by atoms with E-state index in [9.17, 15) is 66.1 Å². The number of hydrogen-bond acceptors (Lipinski definition) is 27. The minimum Gasteiger partial charge on any atom is -0.744 e. The van der Waals surface area contributed by atoms with Crippen molar-refractivity contribution in [1.29, 1.82) is 0 Å². The molecule has 26 nitrogen and oxygen atoms in total. The molecule has 0 unspecified atom stereocenters. The largest absolute Gasteiger partial charge is 1.00 e. The van der Waals surface area contributed by atoms with Gasteiger partial charge in [0.1, 0.15) is 25.9 Å². The molecular formula is C31H26ClN7Na4O19S6. The number of anilines is 4. The van der Waals surface area contributed by atoms with Crippen LogP contribution >= 0.6 is 23.9 Å². The summed E-state index contributed by atoms with van der Waals surface area (Å²) in [7, 11) is -24.4. The molecule has 0 atom stereocenters. The number of halogens is 1. The fourth-order valence-corrected chi connectivity index (χ4v) is 9.52. The van der Waals surface area contributed by atoms with Gasteiger partial charge in [-0.05, 0) is 65.5 Å². The number of azo groups is 1. The van der Waals surface area contributed by atoms with Gasteiger partial charge in [0.2, 0.25) is 27.6 Å². The summed E-state index contributed by atoms with van der Waals surface area (Å²) in [5.74, 6) is -4.30. The summed E-state index contributed by atoms with van der Waals surface area (Å²) in [5, 5.41) is 33.0. The van der Waals surface area contributed by atoms with Crippen LogP contribution in [0.2, 0.25) is 5.28 Å². The molecule has 0 saturated heterocycles. The number of sulfone groups is 2. The number of aromatic nitrogens is 3. The second-order valence-corrected chi connectivity index (χ2v) is 21.4. The summed E-state index contributed by atoms with van der Waals surface area (Å²) in [4.78, 5) is 10.8. The third-order valence-corrected chi connectivity index (χ3v) is 14.0. The maximum Gasteiger partial charge on any atom is 1.00 e. The number of benzene rings is 4. The van der Waals surface area contributed by atoms with E-state index in [-0.39, 0.29) is 153 Å². The summed E-state index contributed by atoms with van der Waals surface area (Å²) in [6.07, 6.45) is 0. The van der Waals surface area contributed by atoms with Gasteiger partial charge in [0.05, 0.1) is 56.5 Å². The number of para-hydroxylation sites is 1. The van der Waals surface area contributed by atoms with Crippen LogP contribution in [0.3, 0.4) is 0 Å². The Morgan fingerprint density at radius 2 is 1.43 bits per heavy atom. The number of fused-ring (bicyclic) bond motifs is 1. The van der Waals surface area contributed by atoms with Crippen LogP contribution in [0.4, 0.5) is 34.6 Å². The van der Waals surface area contributed by atoms with E-state index < -0.39 is 136 Å². The van der Waals surface area contributed by atoms with E-state index in [1.165, 1.54) is 29.2 Å². The minimum absolute atomic E-state index is 0. The molecule has 2 N–H and O–H groups in total. The number of rotatable bonds is 22. The SMILES string of the molecule is O=S(=O)(CCOS(=O)(=O)[O-])CCN(c1ccccc1)c1nc(Cl)nc(Nc2cc(S(=O)(=O)[O-])cc3cc(S(=O)(=O)[O-])c(N=Nc4cccc(S(=O)(=O)CCOSOO[O-])c4)c(O)c23)n1.[Na+].[Na+].[Na+].[Na+]. The molecule has 0 aliphatic rings. The molecular weight excluding hydrogens is 1090 g/mol. The summed E-state index contributed by atoms with van der Waals surface area (Å²) in [5.41, 5.74) is -1.58. The molecule has 346 valence electrons. The summed E-state index contributed by atoms with van der Waals surface area (Å²) in [6.45, 7) is -1.89. The fourth-order valence-electron chi connectivity index (χ4n) is 5.35. The molecule has 0 aliphatic carbocycles. The predicted octanol–water partition coefficient (Wildman–Crippen LogP) is -10.0. The Kier molecular flexibility index (Phi) is 26.9. The second kappa shape index (κ2) is 28.0. The van der Waals surface area contributed by atoms with Crippen molar-refractivity contribution in [2.75, 3.05) is 47.2 Å². The zero-order valence-electron chi connectivity index (χ0n) is 35.5. The monoisotopic (exact) mass is 1120 g/mol. The van der Waals surface area contributed by atoms with Crippen molar-refractivity contribution < 1.29 is 202 Å². The van der Waals surface area contributed by atoms with Gasteiger partial charge in [0.25, 0.3) is 0 Å². The number of aromatic hydroxyl groups is 1. The molecule has 1 aromatic heterocycles. The van der Waals surface area contributed by atoms with Gasteiger partial charge in [-0.1, -0.05) is 24.3 Å². The van der Waals surface area contributed by atoms with Crippen LogP contribution in [0.15, 0.2) is 97.7 Å². The van der Waals surface area contributed by atoms with E-state index in [0.29, 0.717) is 18.2 Å². The molecule has 0 saturated carbocycles. The molecule has 0 fully saturated rings. The third-order valence-electron chi connectivity index (χ3n) is 8.06. The van der Waals surface area contributed by atoms with E-state index in [1.54, 1.807) is 18.2 Å². The predicted molar refractivity (Wildman–Crippen MR) is 216 cm³/mol. The van der Waals surface area contributed by atoms with E-state index in [0.717, 1.165) is 12.1 Å². The van der Waals surface area contributed by atoms with Gasteiger partial charge in [-0.15, -0.1) is 9.45 Å². The van der Waals surface area contributed by atoms with Crippen LogP contribution in [0.1, 0.15) is 0 Å². The van der Waals surface area contributed by atoms with Gasteiger partial charge in [-0.25, -0.2) is 42.1 Å². The molecule has 68 heavy (non-hydrogen) atoms. The first-order valence-electron chi connectivity index (χ1n) is 16.9. The quantitative estimate of drug-likeness (QED) is 0.00950. The Morgan fingerprint density at radius 1 is 0.750 bits per heavy atom. The number of nitrogens with zero attached hydrogens (tertiary/aromatic N) is 6. The van der Waals surface area contributed by atoms with Crippen molar-refractivity contribution in [3.05, 3.63) is 78.1 Å². The Bertz CT molecular complexity index is 3160. The van der Waals surface area contributed by atoms with Crippen LogP contribution in [0, 0.1) is 0 Å².